The fourth-order valence-corrected chi connectivity index (χ4v) is 13.1. The molecule has 0 heterocycles. The first-order valence-corrected chi connectivity index (χ1v) is 22.5. The fourth-order valence-electron chi connectivity index (χ4n) is 6.54. The Morgan fingerprint density at radius 3 is 1.94 bits per heavy atom. The topological polar surface area (TPSA) is 155 Å². The Hall–Kier alpha value is -2.44. The van der Waals surface area contributed by atoms with Gasteiger partial charge in [-0.25, -0.2) is 9.59 Å². The molecule has 0 saturated heterocycles. The molecule has 0 aromatic carbocycles. The number of aliphatic hydroxyl groups excluding tert-OH is 2. The molecule has 4 atom stereocenters. The van der Waals surface area contributed by atoms with Crippen LogP contribution in [0.3, 0.4) is 0 Å². The van der Waals surface area contributed by atoms with E-state index in [1.807, 2.05) is 45.1 Å². The molecule has 0 saturated carbocycles. The molecule has 304 valence electrons. The van der Waals surface area contributed by atoms with Gasteiger partial charge in [-0.1, -0.05) is 96.1 Å². The summed E-state index contributed by atoms with van der Waals surface area (Å²) >= 11 is 0. The van der Waals surface area contributed by atoms with E-state index in [-0.39, 0.29) is 30.9 Å². The zero-order valence-corrected chi connectivity index (χ0v) is 36.2. The molecular formula is C40H69O11PSi. The number of methoxy groups -OCH3 is 1. The molecule has 0 fully saturated rings. The summed E-state index contributed by atoms with van der Waals surface area (Å²) < 4.78 is 39.0. The van der Waals surface area contributed by atoms with Gasteiger partial charge in [-0.05, 0) is 56.2 Å². The first-order chi connectivity index (χ1) is 24.8. The SMILES string of the molecule is COC(=O)/C=C/C(C)=C/[C@@H](C)[C@@H](C/C(C)=C/C=C/CC[C@@H](O)[C@@H](CO)O[Si](C(C)C)(C(C)C)C(C)C)OC(=O)/C=C/CCCC(=O)CP(=O)(OC)OC. The van der Waals surface area contributed by atoms with Crippen LogP contribution in [0.1, 0.15) is 101 Å². The number of aliphatic hydroxyl groups is 2. The van der Waals surface area contributed by atoms with E-state index in [1.165, 1.54) is 33.5 Å². The largest absolute Gasteiger partial charge is 0.466 e. The quantitative estimate of drug-likeness (QED) is 0.0206. The lowest BCUT2D eigenvalue weighted by molar-refractivity contribution is -0.144. The van der Waals surface area contributed by atoms with Crippen LogP contribution < -0.4 is 0 Å². The van der Waals surface area contributed by atoms with E-state index in [4.69, 9.17) is 18.2 Å². The summed E-state index contributed by atoms with van der Waals surface area (Å²) in [5.74, 6) is -1.45. The highest BCUT2D eigenvalue weighted by Crippen LogP contribution is 2.46. The van der Waals surface area contributed by atoms with Gasteiger partial charge in [0.1, 0.15) is 18.0 Å². The Balaban J connectivity index is 5.61. The van der Waals surface area contributed by atoms with Crippen molar-refractivity contribution in [2.75, 3.05) is 34.1 Å². The lowest BCUT2D eigenvalue weighted by Gasteiger charge is -2.45. The Morgan fingerprint density at radius 2 is 1.42 bits per heavy atom. The van der Waals surface area contributed by atoms with Gasteiger partial charge in [-0.3, -0.25) is 9.36 Å². The standard InChI is InChI=1S/C40H69O11PSi/c1-29(2)53(30(3)4,31(5)6)51-38(27-41)36(43)21-17-13-15-19-32(7)26-37(34(9)25-33(8)23-24-39(44)47-10)50-40(45)22-18-14-16-20-35(42)28-52(46,48-11)49-12/h13,15,18-19,22-25,29-31,34,36-38,41,43H,14,16-17,20-21,26-28H2,1-12H3/b15-13+,22-18+,24-23+,32-19+,33-25+/t34-,36-,37-,38-/m1/s1. The van der Waals surface area contributed by atoms with Gasteiger partial charge in [-0.15, -0.1) is 0 Å². The van der Waals surface area contributed by atoms with E-state index in [0.717, 1.165) is 11.1 Å². The van der Waals surface area contributed by atoms with Crippen LogP contribution in [0.2, 0.25) is 16.6 Å². The van der Waals surface area contributed by atoms with Crippen LogP contribution in [0, 0.1) is 5.92 Å². The first kappa shape index (κ1) is 50.6. The first-order valence-electron chi connectivity index (χ1n) is 18.6. The van der Waals surface area contributed by atoms with Crippen LogP contribution in [0.15, 0.2) is 59.8 Å². The van der Waals surface area contributed by atoms with Crippen molar-refractivity contribution in [3.05, 3.63) is 59.8 Å². The maximum atomic E-state index is 12.9. The van der Waals surface area contributed by atoms with Gasteiger partial charge in [0.05, 0.1) is 25.9 Å². The van der Waals surface area contributed by atoms with Crippen molar-refractivity contribution in [1.29, 1.82) is 0 Å². The Kier molecular flexibility index (Phi) is 25.2. The van der Waals surface area contributed by atoms with Gasteiger partial charge in [0, 0.05) is 45.1 Å². The van der Waals surface area contributed by atoms with Crippen molar-refractivity contribution in [2.24, 2.45) is 5.92 Å². The van der Waals surface area contributed by atoms with Crippen molar-refractivity contribution in [3.8, 4) is 0 Å². The van der Waals surface area contributed by atoms with E-state index in [9.17, 15) is 29.2 Å². The molecule has 0 aliphatic rings. The summed E-state index contributed by atoms with van der Waals surface area (Å²) in [5, 5.41) is 21.1. The molecule has 0 aromatic rings. The number of unbranched alkanes of at least 4 members (excludes halogenated alkanes) is 1. The van der Waals surface area contributed by atoms with E-state index in [0.29, 0.717) is 48.7 Å². The third-order valence-electron chi connectivity index (χ3n) is 9.41. The highest BCUT2D eigenvalue weighted by molar-refractivity contribution is 7.54. The molecule has 13 heteroatoms. The smallest absolute Gasteiger partial charge is 0.337 e. The maximum absolute atomic E-state index is 12.9. The van der Waals surface area contributed by atoms with Crippen LogP contribution in [-0.2, 0) is 41.9 Å². The number of ether oxygens (including phenoxy) is 2. The summed E-state index contributed by atoms with van der Waals surface area (Å²) in [5.41, 5.74) is 2.78. The number of carbonyl (C=O) groups is 3. The normalized spacial score (nSPS) is 15.9. The predicted octanol–water partition coefficient (Wildman–Crippen LogP) is 8.58. The summed E-state index contributed by atoms with van der Waals surface area (Å²) in [6.07, 6.45) is 14.0. The number of rotatable bonds is 27. The number of allylic oxidation sites excluding steroid dienone is 6. The molecule has 0 amide bonds. The van der Waals surface area contributed by atoms with Gasteiger partial charge >= 0.3 is 19.5 Å². The second kappa shape index (κ2) is 26.4. The number of hydrogen-bond acceptors (Lipinski definition) is 11. The van der Waals surface area contributed by atoms with Crippen LogP contribution in [0.4, 0.5) is 0 Å². The molecule has 0 bridgehead atoms. The lowest BCUT2D eigenvalue weighted by Crippen LogP contribution is -2.53. The summed E-state index contributed by atoms with van der Waals surface area (Å²) in [6, 6.07) is 0. The van der Waals surface area contributed by atoms with Gasteiger partial charge in [0.15, 0.2) is 0 Å². The van der Waals surface area contributed by atoms with E-state index >= 15 is 0 Å². The number of ketones is 1. The molecule has 0 aromatic heterocycles. The third kappa shape index (κ3) is 19.1. The van der Waals surface area contributed by atoms with Crippen molar-refractivity contribution >= 4 is 33.6 Å². The highest BCUT2D eigenvalue weighted by atomic mass is 31.2. The zero-order valence-electron chi connectivity index (χ0n) is 34.3. The van der Waals surface area contributed by atoms with Crippen LogP contribution in [-0.4, -0.2) is 88.7 Å². The van der Waals surface area contributed by atoms with Crippen molar-refractivity contribution in [2.45, 2.75) is 136 Å². The molecule has 0 aliphatic heterocycles. The highest BCUT2D eigenvalue weighted by Gasteiger charge is 2.47. The minimum Gasteiger partial charge on any atom is -0.466 e. The summed E-state index contributed by atoms with van der Waals surface area (Å²) in [7, 11) is -1.90. The van der Waals surface area contributed by atoms with Gasteiger partial charge < -0.3 is 33.2 Å². The molecule has 53 heavy (non-hydrogen) atoms. The molecule has 0 rings (SSSR count). The Labute approximate surface area is 320 Å². The average molecular weight is 785 g/mol. The number of hydrogen-bond donors (Lipinski definition) is 2. The number of esters is 2. The Bertz CT molecular complexity index is 1290. The van der Waals surface area contributed by atoms with Crippen molar-refractivity contribution < 1.29 is 52.1 Å². The van der Waals surface area contributed by atoms with Gasteiger partial charge in [-0.2, -0.15) is 0 Å². The molecule has 0 unspecified atom stereocenters. The number of Topliss-reactive ketones (excluding diaryl/α,β-unsaturated/α-hetero) is 1. The predicted molar refractivity (Wildman–Crippen MR) is 214 cm³/mol. The molecule has 0 radical (unpaired) electrons. The third-order valence-corrected chi connectivity index (χ3v) is 17.4. The second-order valence-corrected chi connectivity index (χ2v) is 22.2. The van der Waals surface area contributed by atoms with Gasteiger partial charge in [0.2, 0.25) is 8.32 Å². The summed E-state index contributed by atoms with van der Waals surface area (Å²) in [6.45, 7) is 18.5. The Morgan fingerprint density at radius 1 is 0.811 bits per heavy atom. The molecule has 0 aliphatic carbocycles. The lowest BCUT2D eigenvalue weighted by atomic mass is 9.95. The van der Waals surface area contributed by atoms with Crippen LogP contribution in [0.25, 0.3) is 0 Å². The van der Waals surface area contributed by atoms with E-state index < -0.39 is 46.2 Å². The van der Waals surface area contributed by atoms with Crippen molar-refractivity contribution in [1.82, 2.24) is 0 Å². The fraction of sp³-hybridized carbons (Fsp3) is 0.675. The zero-order chi connectivity index (χ0) is 40.8. The van der Waals surface area contributed by atoms with Crippen LogP contribution >= 0.6 is 7.60 Å². The number of carbonyl (C=O) groups excluding carboxylic acids is 3. The van der Waals surface area contributed by atoms with Crippen molar-refractivity contribution in [3.63, 3.8) is 0 Å². The van der Waals surface area contributed by atoms with E-state index in [1.54, 1.807) is 12.2 Å². The molecule has 0 spiro atoms. The molecule has 2 N–H and O–H groups in total. The van der Waals surface area contributed by atoms with Gasteiger partial charge in [0.25, 0.3) is 0 Å². The average Bonchev–Trinajstić information content (AvgIpc) is 3.09. The maximum Gasteiger partial charge on any atom is 0.337 e. The minimum absolute atomic E-state index is 0.168. The second-order valence-electron chi connectivity index (χ2n) is 14.5. The molecular weight excluding hydrogens is 715 g/mol. The van der Waals surface area contributed by atoms with Crippen LogP contribution in [0.5, 0.6) is 0 Å². The minimum atomic E-state index is -3.41. The van der Waals surface area contributed by atoms with E-state index in [2.05, 4.69) is 46.3 Å². The monoisotopic (exact) mass is 784 g/mol. The molecule has 11 nitrogen and oxygen atoms in total. The summed E-state index contributed by atoms with van der Waals surface area (Å²) in [4.78, 5) is 36.6.